The number of anilines is 2. The third-order valence-electron chi connectivity index (χ3n) is 6.52. The van der Waals surface area contributed by atoms with E-state index in [1.807, 2.05) is 0 Å². The molecule has 2 heterocycles. The molecule has 0 aliphatic carbocycles. The molecule has 5 rings (SSSR count). The quantitative estimate of drug-likeness (QED) is 0.276. The van der Waals surface area contributed by atoms with Gasteiger partial charge in [0.15, 0.2) is 11.5 Å². The van der Waals surface area contributed by atoms with Crippen molar-refractivity contribution >= 4 is 28.3 Å². The lowest BCUT2D eigenvalue weighted by Gasteiger charge is -2.38. The molecule has 1 aliphatic rings. The molecular formula is C29H25F3N4O4. The number of nitrogens with one attached hydrogen (secondary N) is 1. The molecule has 3 aromatic carbocycles. The minimum absolute atomic E-state index is 0.161. The van der Waals surface area contributed by atoms with Crippen molar-refractivity contribution in [3.63, 3.8) is 0 Å². The Morgan fingerprint density at radius 2 is 1.75 bits per heavy atom. The van der Waals surface area contributed by atoms with Gasteiger partial charge >= 0.3 is 6.18 Å². The number of carbonyl (C=O) groups excluding carboxylic acids is 1. The standard InChI is InChI=1S/C29H25F3N4O4/c1-4-27(37)36-14-20(15-36)40-26-12-21-22(13-25(26)39-3)33-16-34-28(21)35-23-11-18(8-9-24(23)38-2)17-6-5-7-19(10-17)29(30,31)32/h4-13,16,20H,1,14-15H2,2-3H3,(H,33,34,35). The lowest BCUT2D eigenvalue weighted by molar-refractivity contribution is -0.137. The van der Waals surface area contributed by atoms with Crippen LogP contribution in [-0.2, 0) is 11.0 Å². The number of benzene rings is 3. The van der Waals surface area contributed by atoms with Crippen molar-refractivity contribution in [1.82, 2.24) is 14.9 Å². The van der Waals surface area contributed by atoms with Crippen molar-refractivity contribution in [2.75, 3.05) is 32.6 Å². The molecule has 206 valence electrons. The Labute approximate surface area is 228 Å². The Morgan fingerprint density at radius 3 is 2.45 bits per heavy atom. The number of fused-ring (bicyclic) bond motifs is 1. The van der Waals surface area contributed by atoms with Gasteiger partial charge in [-0.05, 0) is 47.5 Å². The fourth-order valence-corrected chi connectivity index (χ4v) is 4.40. The van der Waals surface area contributed by atoms with E-state index in [4.69, 9.17) is 14.2 Å². The van der Waals surface area contributed by atoms with Gasteiger partial charge in [-0.2, -0.15) is 13.2 Å². The van der Waals surface area contributed by atoms with Crippen LogP contribution in [0.15, 0.2) is 73.6 Å². The highest BCUT2D eigenvalue weighted by Crippen LogP contribution is 2.39. The average molecular weight is 551 g/mol. The van der Waals surface area contributed by atoms with E-state index in [-0.39, 0.29) is 12.0 Å². The lowest BCUT2D eigenvalue weighted by atomic mass is 10.0. The zero-order chi connectivity index (χ0) is 28.4. The number of methoxy groups -OCH3 is 2. The van der Waals surface area contributed by atoms with Crippen LogP contribution in [0.3, 0.4) is 0 Å². The molecule has 0 saturated carbocycles. The highest BCUT2D eigenvalue weighted by atomic mass is 19.4. The first kappa shape index (κ1) is 26.8. The van der Waals surface area contributed by atoms with Crippen LogP contribution in [0.1, 0.15) is 5.56 Å². The molecule has 1 aromatic heterocycles. The van der Waals surface area contributed by atoms with Crippen molar-refractivity contribution in [1.29, 1.82) is 0 Å². The third-order valence-corrected chi connectivity index (χ3v) is 6.52. The van der Waals surface area contributed by atoms with Crippen molar-refractivity contribution in [3.05, 3.63) is 79.1 Å². The maximum atomic E-state index is 13.3. The summed E-state index contributed by atoms with van der Waals surface area (Å²) in [7, 11) is 3.02. The van der Waals surface area contributed by atoms with Crippen molar-refractivity contribution < 1.29 is 32.2 Å². The SMILES string of the molecule is C=CC(=O)N1CC(Oc2cc3c(Nc4cc(-c5cccc(C(F)(F)F)c5)ccc4OC)ncnc3cc2OC)C1. The minimum Gasteiger partial charge on any atom is -0.495 e. The normalized spacial score (nSPS) is 13.5. The van der Waals surface area contributed by atoms with Crippen molar-refractivity contribution in [3.8, 4) is 28.4 Å². The number of amides is 1. The van der Waals surface area contributed by atoms with E-state index in [1.54, 1.807) is 41.3 Å². The molecule has 11 heteroatoms. The number of halogens is 3. The summed E-state index contributed by atoms with van der Waals surface area (Å²) >= 11 is 0. The molecule has 8 nitrogen and oxygen atoms in total. The molecule has 4 aromatic rings. The van der Waals surface area contributed by atoms with Gasteiger partial charge in [-0.25, -0.2) is 9.97 Å². The van der Waals surface area contributed by atoms with Gasteiger partial charge in [0.05, 0.1) is 44.1 Å². The summed E-state index contributed by atoms with van der Waals surface area (Å²) in [6.45, 7) is 4.34. The van der Waals surface area contributed by atoms with Crippen LogP contribution in [0.2, 0.25) is 0 Å². The molecule has 40 heavy (non-hydrogen) atoms. The van der Waals surface area contributed by atoms with Crippen molar-refractivity contribution in [2.45, 2.75) is 12.3 Å². The number of likely N-dealkylation sites (tertiary alicyclic amines) is 1. The molecule has 0 unspecified atom stereocenters. The number of alkyl halides is 3. The molecule has 1 aliphatic heterocycles. The van der Waals surface area contributed by atoms with Crippen LogP contribution in [-0.4, -0.2) is 54.2 Å². The fourth-order valence-electron chi connectivity index (χ4n) is 4.40. The summed E-state index contributed by atoms with van der Waals surface area (Å²) in [6.07, 6.45) is -2.03. The predicted molar refractivity (Wildman–Crippen MR) is 144 cm³/mol. The van der Waals surface area contributed by atoms with E-state index < -0.39 is 11.7 Å². The smallest absolute Gasteiger partial charge is 0.416 e. The summed E-state index contributed by atoms with van der Waals surface area (Å²) in [5.74, 6) is 1.65. The predicted octanol–water partition coefficient (Wildman–Crippen LogP) is 5.85. The topological polar surface area (TPSA) is 85.8 Å². The lowest BCUT2D eigenvalue weighted by Crippen LogP contribution is -2.55. The van der Waals surface area contributed by atoms with E-state index in [0.717, 1.165) is 12.1 Å². The van der Waals surface area contributed by atoms with Gasteiger partial charge in [0, 0.05) is 11.5 Å². The fraction of sp³-hybridized carbons (Fsp3) is 0.207. The van der Waals surface area contributed by atoms with E-state index >= 15 is 0 Å². The van der Waals surface area contributed by atoms with Crippen LogP contribution in [0.25, 0.3) is 22.0 Å². The van der Waals surface area contributed by atoms with Gasteiger partial charge in [0.2, 0.25) is 5.91 Å². The summed E-state index contributed by atoms with van der Waals surface area (Å²) in [5.41, 5.74) is 1.29. The second-order valence-electron chi connectivity index (χ2n) is 9.05. The monoisotopic (exact) mass is 550 g/mol. The first-order valence-electron chi connectivity index (χ1n) is 12.2. The van der Waals surface area contributed by atoms with Gasteiger partial charge < -0.3 is 24.4 Å². The highest BCUT2D eigenvalue weighted by Gasteiger charge is 2.32. The van der Waals surface area contributed by atoms with Crippen LogP contribution in [0.5, 0.6) is 17.2 Å². The summed E-state index contributed by atoms with van der Waals surface area (Å²) in [6, 6.07) is 13.6. The molecular weight excluding hydrogens is 525 g/mol. The molecule has 1 fully saturated rings. The first-order chi connectivity index (χ1) is 19.2. The van der Waals surface area contributed by atoms with Crippen LogP contribution in [0, 0.1) is 0 Å². The second kappa shape index (κ2) is 10.8. The maximum Gasteiger partial charge on any atom is 0.416 e. The number of nitrogens with zero attached hydrogens (tertiary/aromatic N) is 3. The van der Waals surface area contributed by atoms with Crippen LogP contribution < -0.4 is 19.5 Å². The van der Waals surface area contributed by atoms with Crippen LogP contribution >= 0.6 is 0 Å². The minimum atomic E-state index is -4.46. The Morgan fingerprint density at radius 1 is 1.00 bits per heavy atom. The third kappa shape index (κ3) is 5.35. The van der Waals surface area contributed by atoms with Gasteiger partial charge in [-0.15, -0.1) is 0 Å². The van der Waals surface area contributed by atoms with E-state index in [2.05, 4.69) is 21.9 Å². The zero-order valence-electron chi connectivity index (χ0n) is 21.7. The largest absolute Gasteiger partial charge is 0.495 e. The van der Waals surface area contributed by atoms with Gasteiger partial charge in [0.25, 0.3) is 0 Å². The molecule has 1 amide bonds. The number of carbonyl (C=O) groups is 1. The molecule has 0 atom stereocenters. The van der Waals surface area contributed by atoms with Gasteiger partial charge in [0.1, 0.15) is 24.0 Å². The van der Waals surface area contributed by atoms with Gasteiger partial charge in [-0.1, -0.05) is 24.8 Å². The number of rotatable bonds is 8. The molecule has 0 radical (unpaired) electrons. The maximum absolute atomic E-state index is 13.3. The van der Waals surface area contributed by atoms with E-state index in [9.17, 15) is 18.0 Å². The Kier molecular flexibility index (Phi) is 7.20. The molecule has 0 bridgehead atoms. The average Bonchev–Trinajstić information content (AvgIpc) is 2.93. The van der Waals surface area contributed by atoms with Crippen LogP contribution in [0.4, 0.5) is 24.7 Å². The Balaban J connectivity index is 1.48. The summed E-state index contributed by atoms with van der Waals surface area (Å²) in [4.78, 5) is 22.1. The van der Waals surface area contributed by atoms with E-state index in [0.29, 0.717) is 63.9 Å². The van der Waals surface area contributed by atoms with E-state index in [1.165, 1.54) is 32.7 Å². The number of aromatic nitrogens is 2. The Bertz CT molecular complexity index is 1590. The first-order valence-corrected chi connectivity index (χ1v) is 12.2. The highest BCUT2D eigenvalue weighted by molar-refractivity contribution is 5.94. The molecule has 0 spiro atoms. The Hall–Kier alpha value is -4.80. The van der Waals surface area contributed by atoms with Gasteiger partial charge in [-0.3, -0.25) is 4.79 Å². The number of hydrogen-bond acceptors (Lipinski definition) is 7. The number of hydrogen-bond donors (Lipinski definition) is 1. The zero-order valence-corrected chi connectivity index (χ0v) is 21.7. The summed E-state index contributed by atoms with van der Waals surface area (Å²) < 4.78 is 57.0. The summed E-state index contributed by atoms with van der Waals surface area (Å²) in [5, 5.41) is 3.85. The molecule has 1 saturated heterocycles. The van der Waals surface area contributed by atoms with Crippen molar-refractivity contribution in [2.24, 2.45) is 0 Å². The molecule has 1 N–H and O–H groups in total. The second-order valence-corrected chi connectivity index (χ2v) is 9.05. The number of ether oxygens (including phenoxy) is 3.